The van der Waals surface area contributed by atoms with Crippen LogP contribution in [0.25, 0.3) is 11.3 Å². The Labute approximate surface area is 118 Å². The minimum Gasteiger partial charge on any atom is -0.494 e. The minimum absolute atomic E-state index is 0.170. The normalized spacial score (nSPS) is 10.6. The van der Waals surface area contributed by atoms with Gasteiger partial charge in [0.05, 0.1) is 18.9 Å². The maximum absolute atomic E-state index is 12.0. The molecule has 0 fully saturated rings. The first-order valence-electron chi connectivity index (χ1n) is 6.70. The molecule has 2 rings (SSSR count). The van der Waals surface area contributed by atoms with Gasteiger partial charge in [0.2, 0.25) is 0 Å². The number of rotatable bonds is 5. The Morgan fingerprint density at radius 1 is 1.15 bits per heavy atom. The number of aliphatic hydroxyl groups excluding tert-OH is 1. The summed E-state index contributed by atoms with van der Waals surface area (Å²) in [5.74, 6) is 0.826. The molecular formula is C16H19NO3. The third-order valence-corrected chi connectivity index (χ3v) is 3.18. The van der Waals surface area contributed by atoms with Crippen molar-refractivity contribution in [3.8, 4) is 17.0 Å². The fourth-order valence-electron chi connectivity index (χ4n) is 2.04. The first-order valence-corrected chi connectivity index (χ1v) is 6.70. The number of nitrogens with zero attached hydrogens (tertiary/aromatic N) is 1. The summed E-state index contributed by atoms with van der Waals surface area (Å²) < 4.78 is 7.08. The van der Waals surface area contributed by atoms with Crippen LogP contribution in [-0.4, -0.2) is 16.3 Å². The first kappa shape index (κ1) is 14.3. The second kappa shape index (κ2) is 6.39. The summed E-state index contributed by atoms with van der Waals surface area (Å²) in [6.45, 7) is 2.52. The summed E-state index contributed by atoms with van der Waals surface area (Å²) in [5, 5.41) is 9.09. The van der Waals surface area contributed by atoms with E-state index >= 15 is 0 Å². The molecule has 0 amide bonds. The van der Waals surface area contributed by atoms with Crippen LogP contribution in [0.3, 0.4) is 0 Å². The molecule has 0 spiro atoms. The molecule has 1 N–H and O–H groups in total. The quantitative estimate of drug-likeness (QED) is 0.909. The zero-order valence-corrected chi connectivity index (χ0v) is 11.8. The Hall–Kier alpha value is -2.07. The van der Waals surface area contributed by atoms with Crippen molar-refractivity contribution in [2.45, 2.75) is 20.0 Å². The van der Waals surface area contributed by atoms with Gasteiger partial charge in [0.15, 0.2) is 0 Å². The smallest absolute Gasteiger partial charge is 0.256 e. The van der Waals surface area contributed by atoms with Crippen molar-refractivity contribution in [2.24, 2.45) is 7.05 Å². The summed E-state index contributed by atoms with van der Waals surface area (Å²) in [6.07, 6.45) is 0.971. The summed E-state index contributed by atoms with van der Waals surface area (Å²) >= 11 is 0. The van der Waals surface area contributed by atoms with Gasteiger partial charge >= 0.3 is 0 Å². The number of ether oxygens (including phenoxy) is 1. The lowest BCUT2D eigenvalue weighted by molar-refractivity contribution is 0.279. The van der Waals surface area contributed by atoms with Crippen LogP contribution in [0.5, 0.6) is 5.75 Å². The van der Waals surface area contributed by atoms with Crippen molar-refractivity contribution in [2.75, 3.05) is 6.61 Å². The molecular weight excluding hydrogens is 254 g/mol. The van der Waals surface area contributed by atoms with Crippen LogP contribution in [0.15, 0.2) is 41.2 Å². The molecule has 1 aromatic carbocycles. The topological polar surface area (TPSA) is 51.5 Å². The molecule has 0 radical (unpaired) electrons. The van der Waals surface area contributed by atoms with E-state index in [2.05, 4.69) is 6.92 Å². The average Bonchev–Trinajstić information content (AvgIpc) is 2.48. The number of hydrogen-bond donors (Lipinski definition) is 1. The second-order valence-electron chi connectivity index (χ2n) is 4.64. The zero-order valence-electron chi connectivity index (χ0n) is 11.8. The van der Waals surface area contributed by atoms with Gasteiger partial charge in [-0.3, -0.25) is 4.79 Å². The highest BCUT2D eigenvalue weighted by atomic mass is 16.5. The van der Waals surface area contributed by atoms with Gasteiger partial charge < -0.3 is 14.4 Å². The van der Waals surface area contributed by atoms with E-state index in [4.69, 9.17) is 9.84 Å². The van der Waals surface area contributed by atoms with Gasteiger partial charge in [-0.15, -0.1) is 0 Å². The molecule has 0 aliphatic rings. The van der Waals surface area contributed by atoms with Crippen LogP contribution in [0.2, 0.25) is 0 Å². The van der Waals surface area contributed by atoms with E-state index in [1.54, 1.807) is 17.7 Å². The van der Waals surface area contributed by atoms with Crippen LogP contribution in [0, 0.1) is 0 Å². The maximum Gasteiger partial charge on any atom is 0.256 e. The van der Waals surface area contributed by atoms with Gasteiger partial charge in [-0.2, -0.15) is 0 Å². The van der Waals surface area contributed by atoms with Gasteiger partial charge in [-0.25, -0.2) is 0 Å². The fourth-order valence-corrected chi connectivity index (χ4v) is 2.04. The molecule has 0 unspecified atom stereocenters. The number of benzene rings is 1. The molecule has 0 atom stereocenters. The Balaban J connectivity index is 2.32. The summed E-state index contributed by atoms with van der Waals surface area (Å²) in [6, 6.07) is 11.2. The molecule has 4 heteroatoms. The van der Waals surface area contributed by atoms with Crippen molar-refractivity contribution >= 4 is 0 Å². The van der Waals surface area contributed by atoms with Crippen LogP contribution in [-0.2, 0) is 13.7 Å². The molecule has 1 aromatic heterocycles. The largest absolute Gasteiger partial charge is 0.494 e. The SMILES string of the molecule is CCCOc1ccc(-c2ccc(CO)c(=O)n2C)cc1. The predicted octanol–water partition coefficient (Wildman–Crippen LogP) is 2.33. The summed E-state index contributed by atoms with van der Waals surface area (Å²) in [4.78, 5) is 12.0. The molecule has 4 nitrogen and oxygen atoms in total. The minimum atomic E-state index is -0.239. The zero-order chi connectivity index (χ0) is 14.5. The highest BCUT2D eigenvalue weighted by molar-refractivity contribution is 5.60. The maximum atomic E-state index is 12.0. The van der Waals surface area contributed by atoms with Crippen molar-refractivity contribution < 1.29 is 9.84 Å². The van der Waals surface area contributed by atoms with E-state index < -0.39 is 0 Å². The molecule has 2 aromatic rings. The lowest BCUT2D eigenvalue weighted by Gasteiger charge is -2.11. The molecule has 0 saturated carbocycles. The van der Waals surface area contributed by atoms with Gasteiger partial charge in [0.25, 0.3) is 5.56 Å². The third-order valence-electron chi connectivity index (χ3n) is 3.18. The monoisotopic (exact) mass is 273 g/mol. The van der Waals surface area contributed by atoms with Gasteiger partial charge in [-0.05, 0) is 48.4 Å². The van der Waals surface area contributed by atoms with Crippen LogP contribution >= 0.6 is 0 Å². The van der Waals surface area contributed by atoms with Gasteiger partial charge in [0.1, 0.15) is 5.75 Å². The molecule has 106 valence electrons. The van der Waals surface area contributed by atoms with E-state index in [1.165, 1.54) is 0 Å². The van der Waals surface area contributed by atoms with E-state index in [0.29, 0.717) is 12.2 Å². The summed E-state index contributed by atoms with van der Waals surface area (Å²) in [7, 11) is 1.71. The Morgan fingerprint density at radius 3 is 2.45 bits per heavy atom. The standard InChI is InChI=1S/C16H19NO3/c1-3-10-20-14-7-4-12(5-8-14)15-9-6-13(11-18)16(19)17(15)2/h4-9,18H,3,10-11H2,1-2H3. The number of hydrogen-bond acceptors (Lipinski definition) is 3. The number of aliphatic hydroxyl groups is 1. The first-order chi connectivity index (χ1) is 9.67. The van der Waals surface area contributed by atoms with E-state index in [1.807, 2.05) is 30.3 Å². The third kappa shape index (κ3) is 2.91. The second-order valence-corrected chi connectivity index (χ2v) is 4.64. The summed E-state index contributed by atoms with van der Waals surface area (Å²) in [5.41, 5.74) is 1.99. The highest BCUT2D eigenvalue weighted by Gasteiger charge is 2.07. The van der Waals surface area contributed by atoms with Crippen LogP contribution < -0.4 is 10.3 Å². The van der Waals surface area contributed by atoms with E-state index in [0.717, 1.165) is 23.4 Å². The molecule has 20 heavy (non-hydrogen) atoms. The molecule has 0 aliphatic heterocycles. The average molecular weight is 273 g/mol. The van der Waals surface area contributed by atoms with Crippen molar-refractivity contribution in [3.05, 3.63) is 52.3 Å². The number of pyridine rings is 1. The molecule has 0 aliphatic carbocycles. The van der Waals surface area contributed by atoms with Crippen molar-refractivity contribution in [1.82, 2.24) is 4.57 Å². The Bertz CT molecular complexity index is 629. The van der Waals surface area contributed by atoms with Gasteiger partial charge in [0, 0.05) is 12.6 Å². The van der Waals surface area contributed by atoms with Gasteiger partial charge in [-0.1, -0.05) is 6.92 Å². The predicted molar refractivity (Wildman–Crippen MR) is 78.8 cm³/mol. The Kier molecular flexibility index (Phi) is 4.58. The highest BCUT2D eigenvalue weighted by Crippen LogP contribution is 2.21. The van der Waals surface area contributed by atoms with Crippen molar-refractivity contribution in [1.29, 1.82) is 0 Å². The lowest BCUT2D eigenvalue weighted by atomic mass is 10.1. The number of aromatic nitrogens is 1. The van der Waals surface area contributed by atoms with Crippen molar-refractivity contribution in [3.63, 3.8) is 0 Å². The lowest BCUT2D eigenvalue weighted by Crippen LogP contribution is -2.22. The molecule has 0 bridgehead atoms. The van der Waals surface area contributed by atoms with Crippen LogP contribution in [0.4, 0.5) is 0 Å². The fraction of sp³-hybridized carbons (Fsp3) is 0.312. The van der Waals surface area contributed by atoms with E-state index in [9.17, 15) is 4.79 Å². The van der Waals surface area contributed by atoms with Crippen LogP contribution in [0.1, 0.15) is 18.9 Å². The molecule has 0 saturated heterocycles. The van der Waals surface area contributed by atoms with E-state index in [-0.39, 0.29) is 12.2 Å². The Morgan fingerprint density at radius 2 is 1.85 bits per heavy atom. The molecule has 1 heterocycles.